The van der Waals surface area contributed by atoms with Crippen LogP contribution in [0.3, 0.4) is 0 Å². The van der Waals surface area contributed by atoms with Gasteiger partial charge in [0, 0.05) is 30.7 Å². The Labute approximate surface area is 104 Å². The molecule has 0 N–H and O–H groups in total. The Bertz CT molecular complexity index is 537. The van der Waals surface area contributed by atoms with E-state index in [-0.39, 0.29) is 5.91 Å². The van der Waals surface area contributed by atoms with Gasteiger partial charge in [0.25, 0.3) is 0 Å². The molecular weight excluding hydrogens is 234 g/mol. The van der Waals surface area contributed by atoms with Crippen molar-refractivity contribution in [2.45, 2.75) is 13.8 Å². The van der Waals surface area contributed by atoms with Gasteiger partial charge in [0.15, 0.2) is 4.96 Å². The van der Waals surface area contributed by atoms with Crippen molar-refractivity contribution < 1.29 is 4.79 Å². The third-order valence-corrected chi connectivity index (χ3v) is 3.42. The second-order valence-electron chi connectivity index (χ2n) is 3.58. The first-order chi connectivity index (χ1) is 8.26. The number of thiazole rings is 1. The van der Waals surface area contributed by atoms with Crippen molar-refractivity contribution in [1.29, 1.82) is 0 Å². The van der Waals surface area contributed by atoms with E-state index in [1.807, 2.05) is 35.9 Å². The Balaban J connectivity index is 2.16. The zero-order valence-corrected chi connectivity index (χ0v) is 10.8. The molecule has 1 amide bonds. The van der Waals surface area contributed by atoms with E-state index in [1.165, 1.54) is 0 Å². The van der Waals surface area contributed by atoms with Gasteiger partial charge in [-0.2, -0.15) is 0 Å². The summed E-state index contributed by atoms with van der Waals surface area (Å²) >= 11 is 1.58. The molecular formula is C12H15N3OS. The molecule has 0 radical (unpaired) electrons. The molecule has 17 heavy (non-hydrogen) atoms. The van der Waals surface area contributed by atoms with Crippen LogP contribution in [0.2, 0.25) is 0 Å². The van der Waals surface area contributed by atoms with Crippen LogP contribution in [0.15, 0.2) is 23.8 Å². The lowest BCUT2D eigenvalue weighted by Crippen LogP contribution is -2.28. The summed E-state index contributed by atoms with van der Waals surface area (Å²) in [6.45, 7) is 5.43. The summed E-state index contributed by atoms with van der Waals surface area (Å²) in [6, 6.07) is 0. The smallest absolute Gasteiger partial charge is 0.246 e. The van der Waals surface area contributed by atoms with E-state index in [0.29, 0.717) is 0 Å². The molecule has 0 aliphatic rings. The molecule has 0 bridgehead atoms. The van der Waals surface area contributed by atoms with Gasteiger partial charge in [0.1, 0.15) is 0 Å². The highest BCUT2D eigenvalue weighted by molar-refractivity contribution is 7.15. The number of hydrogen-bond donors (Lipinski definition) is 0. The first-order valence-corrected chi connectivity index (χ1v) is 6.51. The van der Waals surface area contributed by atoms with Gasteiger partial charge in [0.05, 0.1) is 11.9 Å². The van der Waals surface area contributed by atoms with Crippen molar-refractivity contribution in [3.63, 3.8) is 0 Å². The van der Waals surface area contributed by atoms with Crippen molar-refractivity contribution >= 4 is 28.3 Å². The summed E-state index contributed by atoms with van der Waals surface area (Å²) in [7, 11) is 0. The minimum atomic E-state index is 0.0418. The highest BCUT2D eigenvalue weighted by atomic mass is 32.1. The number of nitrogens with zero attached hydrogens (tertiary/aromatic N) is 3. The molecule has 90 valence electrons. The number of carbonyl (C=O) groups is 1. The molecule has 0 aromatic carbocycles. The fourth-order valence-electron chi connectivity index (χ4n) is 1.67. The Morgan fingerprint density at radius 3 is 3.00 bits per heavy atom. The Hall–Kier alpha value is -1.62. The van der Waals surface area contributed by atoms with Crippen LogP contribution in [-0.2, 0) is 4.79 Å². The summed E-state index contributed by atoms with van der Waals surface area (Å²) < 4.78 is 1.97. The monoisotopic (exact) mass is 249 g/mol. The quantitative estimate of drug-likeness (QED) is 0.780. The minimum absolute atomic E-state index is 0.0418. The van der Waals surface area contributed by atoms with Gasteiger partial charge in [-0.3, -0.25) is 9.20 Å². The molecule has 2 aromatic heterocycles. The Morgan fingerprint density at radius 1 is 1.53 bits per heavy atom. The van der Waals surface area contributed by atoms with Crippen LogP contribution in [0.4, 0.5) is 0 Å². The molecule has 0 saturated heterocycles. The third kappa shape index (κ3) is 2.39. The number of aromatic nitrogens is 2. The third-order valence-electron chi connectivity index (χ3n) is 2.65. The van der Waals surface area contributed by atoms with E-state index >= 15 is 0 Å². The number of hydrogen-bond acceptors (Lipinski definition) is 3. The largest absolute Gasteiger partial charge is 0.340 e. The molecule has 2 aromatic rings. The van der Waals surface area contributed by atoms with Gasteiger partial charge in [-0.1, -0.05) is 0 Å². The molecule has 0 aliphatic carbocycles. The molecule has 0 fully saturated rings. The number of amides is 1. The van der Waals surface area contributed by atoms with Crippen LogP contribution >= 0.6 is 11.3 Å². The van der Waals surface area contributed by atoms with E-state index in [2.05, 4.69) is 4.98 Å². The van der Waals surface area contributed by atoms with Crippen LogP contribution in [0.1, 0.15) is 19.5 Å². The normalized spacial score (nSPS) is 11.4. The Kier molecular flexibility index (Phi) is 3.58. The molecule has 0 spiro atoms. The fourth-order valence-corrected chi connectivity index (χ4v) is 2.36. The van der Waals surface area contributed by atoms with Gasteiger partial charge in [-0.05, 0) is 19.9 Å². The lowest BCUT2D eigenvalue weighted by molar-refractivity contribution is -0.125. The fraction of sp³-hybridized carbons (Fsp3) is 0.333. The maximum absolute atomic E-state index is 11.8. The lowest BCUT2D eigenvalue weighted by atomic mass is 10.3. The molecule has 0 unspecified atom stereocenters. The molecule has 5 heteroatoms. The first-order valence-electron chi connectivity index (χ1n) is 5.63. The molecule has 2 rings (SSSR count). The summed E-state index contributed by atoms with van der Waals surface area (Å²) in [5.74, 6) is 0.0418. The highest BCUT2D eigenvalue weighted by Crippen LogP contribution is 2.13. The van der Waals surface area contributed by atoms with E-state index in [1.54, 1.807) is 28.5 Å². The van der Waals surface area contributed by atoms with Crippen LogP contribution in [-0.4, -0.2) is 33.3 Å². The summed E-state index contributed by atoms with van der Waals surface area (Å²) in [5, 5.41) is 1.98. The number of imidazole rings is 1. The standard InChI is InChI=1S/C12H15N3OS/c1-3-14(4-2)11(16)6-5-10-9-13-12-15(10)7-8-17-12/h5-9H,3-4H2,1-2H3/b6-5+. The zero-order chi connectivity index (χ0) is 12.3. The minimum Gasteiger partial charge on any atom is -0.340 e. The second kappa shape index (κ2) is 5.14. The van der Waals surface area contributed by atoms with Crippen molar-refractivity contribution in [1.82, 2.24) is 14.3 Å². The average molecular weight is 249 g/mol. The van der Waals surface area contributed by atoms with Crippen LogP contribution < -0.4 is 0 Å². The van der Waals surface area contributed by atoms with E-state index in [9.17, 15) is 4.79 Å². The van der Waals surface area contributed by atoms with Crippen LogP contribution in [0.5, 0.6) is 0 Å². The maximum atomic E-state index is 11.8. The van der Waals surface area contributed by atoms with E-state index < -0.39 is 0 Å². The molecule has 2 heterocycles. The van der Waals surface area contributed by atoms with Crippen molar-refractivity contribution in [2.75, 3.05) is 13.1 Å². The summed E-state index contributed by atoms with van der Waals surface area (Å²) in [5.41, 5.74) is 0.932. The van der Waals surface area contributed by atoms with Crippen molar-refractivity contribution in [3.8, 4) is 0 Å². The first kappa shape index (κ1) is 11.9. The average Bonchev–Trinajstić information content (AvgIpc) is 2.90. The van der Waals surface area contributed by atoms with E-state index in [0.717, 1.165) is 23.7 Å². The second-order valence-corrected chi connectivity index (χ2v) is 4.46. The molecule has 0 aliphatic heterocycles. The van der Waals surface area contributed by atoms with Gasteiger partial charge in [-0.25, -0.2) is 4.98 Å². The summed E-state index contributed by atoms with van der Waals surface area (Å²) in [4.78, 5) is 18.8. The van der Waals surface area contributed by atoms with Crippen LogP contribution in [0, 0.1) is 0 Å². The highest BCUT2D eigenvalue weighted by Gasteiger charge is 2.06. The predicted molar refractivity (Wildman–Crippen MR) is 70.0 cm³/mol. The van der Waals surface area contributed by atoms with Gasteiger partial charge < -0.3 is 4.90 Å². The molecule has 0 atom stereocenters. The molecule has 4 nitrogen and oxygen atoms in total. The number of carbonyl (C=O) groups excluding carboxylic acids is 1. The number of likely N-dealkylation sites (N-methyl/N-ethyl adjacent to an activating group) is 1. The van der Waals surface area contributed by atoms with Crippen molar-refractivity contribution in [3.05, 3.63) is 29.5 Å². The van der Waals surface area contributed by atoms with Gasteiger partial charge >= 0.3 is 0 Å². The number of fused-ring (bicyclic) bond motifs is 1. The van der Waals surface area contributed by atoms with Crippen LogP contribution in [0.25, 0.3) is 11.0 Å². The Morgan fingerprint density at radius 2 is 2.29 bits per heavy atom. The van der Waals surface area contributed by atoms with Crippen molar-refractivity contribution in [2.24, 2.45) is 0 Å². The number of rotatable bonds is 4. The lowest BCUT2D eigenvalue weighted by Gasteiger charge is -2.15. The zero-order valence-electron chi connectivity index (χ0n) is 9.96. The van der Waals surface area contributed by atoms with Gasteiger partial charge in [0.2, 0.25) is 5.91 Å². The van der Waals surface area contributed by atoms with E-state index in [4.69, 9.17) is 0 Å². The molecule has 0 saturated carbocycles. The predicted octanol–water partition coefficient (Wildman–Crippen LogP) is 2.28. The topological polar surface area (TPSA) is 37.6 Å². The SMILES string of the molecule is CCN(CC)C(=O)/C=C/c1cnc2sccn12. The maximum Gasteiger partial charge on any atom is 0.246 e. The van der Waals surface area contributed by atoms with Gasteiger partial charge in [-0.15, -0.1) is 11.3 Å². The summed E-state index contributed by atoms with van der Waals surface area (Å²) in [6.07, 6.45) is 7.15.